The molecule has 0 bridgehead atoms. The summed E-state index contributed by atoms with van der Waals surface area (Å²) < 4.78 is 10.1. The maximum absolute atomic E-state index is 12.0. The fraction of sp³-hybridized carbons (Fsp3) is 0.429. The summed E-state index contributed by atoms with van der Waals surface area (Å²) >= 11 is 0. The molecule has 1 aliphatic heterocycles. The third kappa shape index (κ3) is 2.19. The lowest BCUT2D eigenvalue weighted by Crippen LogP contribution is -2.30. The van der Waals surface area contributed by atoms with Crippen LogP contribution in [0.5, 0.6) is 11.5 Å². The number of aromatic carboxylic acids is 1. The zero-order valence-electron chi connectivity index (χ0n) is 11.8. The first-order valence-corrected chi connectivity index (χ1v) is 6.35. The third-order valence-electron chi connectivity index (χ3n) is 3.75. The van der Waals surface area contributed by atoms with Gasteiger partial charge in [-0.3, -0.25) is 0 Å². The summed E-state index contributed by atoms with van der Waals surface area (Å²) in [5.41, 5.74) is -0.401. The molecule has 1 aromatic rings. The van der Waals surface area contributed by atoms with Crippen molar-refractivity contribution in [3.63, 3.8) is 0 Å². The zero-order valence-corrected chi connectivity index (χ0v) is 11.8. The lowest BCUT2D eigenvalue weighted by atomic mass is 9.83. The second-order valence-corrected chi connectivity index (χ2v) is 4.98. The van der Waals surface area contributed by atoms with Crippen molar-refractivity contribution in [2.24, 2.45) is 0 Å². The summed E-state index contributed by atoms with van der Waals surface area (Å²) in [5.74, 6) is -4.03. The molecule has 21 heavy (non-hydrogen) atoms. The number of carbonyl (C=O) groups excluding carboxylic acids is 1. The molecule has 7 nitrogen and oxygen atoms in total. The van der Waals surface area contributed by atoms with Crippen LogP contribution in [0.3, 0.4) is 0 Å². The molecule has 1 heterocycles. The van der Waals surface area contributed by atoms with Gasteiger partial charge in [-0.15, -0.1) is 0 Å². The van der Waals surface area contributed by atoms with Crippen molar-refractivity contribution in [2.45, 2.75) is 32.5 Å². The molecule has 0 fully saturated rings. The van der Waals surface area contributed by atoms with Gasteiger partial charge in [-0.1, -0.05) is 6.92 Å². The normalized spacial score (nSPS) is 20.8. The fourth-order valence-electron chi connectivity index (χ4n) is 2.56. The largest absolute Gasteiger partial charge is 0.507 e. The summed E-state index contributed by atoms with van der Waals surface area (Å²) in [5, 5.41) is 29.3. The van der Waals surface area contributed by atoms with Gasteiger partial charge in [0.15, 0.2) is 0 Å². The Balaban J connectivity index is 2.88. The number of esters is 1. The fourth-order valence-corrected chi connectivity index (χ4v) is 2.56. The smallest absolute Gasteiger partial charge is 0.343 e. The quantitative estimate of drug-likeness (QED) is 0.726. The molecule has 0 saturated carbocycles. The molecule has 0 aromatic heterocycles. The zero-order chi connectivity index (χ0) is 15.9. The standard InChI is InChI=1S/C14H16O7/c1-5-6(2)21-14(19)9-8(5)7(4-20-3)11(15)10(12(9)16)13(17)18/h5-6,15-16H,4H2,1-3H3,(H,17,18)/t5-,6-/m0/s1. The second kappa shape index (κ2) is 5.25. The lowest BCUT2D eigenvalue weighted by Gasteiger charge is -2.31. The number of rotatable bonds is 3. The van der Waals surface area contributed by atoms with E-state index in [4.69, 9.17) is 14.6 Å². The summed E-state index contributed by atoms with van der Waals surface area (Å²) in [6, 6.07) is 0. The van der Waals surface area contributed by atoms with Crippen LogP contribution in [0.1, 0.15) is 51.6 Å². The molecule has 1 aromatic carbocycles. The molecular weight excluding hydrogens is 280 g/mol. The molecule has 2 rings (SSSR count). The highest BCUT2D eigenvalue weighted by Crippen LogP contribution is 2.45. The molecule has 0 radical (unpaired) electrons. The van der Waals surface area contributed by atoms with Crippen molar-refractivity contribution in [1.29, 1.82) is 0 Å². The van der Waals surface area contributed by atoms with E-state index < -0.39 is 35.1 Å². The van der Waals surface area contributed by atoms with E-state index >= 15 is 0 Å². The molecule has 114 valence electrons. The molecule has 0 aliphatic carbocycles. The van der Waals surface area contributed by atoms with Crippen molar-refractivity contribution >= 4 is 11.9 Å². The molecule has 0 saturated heterocycles. The first kappa shape index (κ1) is 15.1. The van der Waals surface area contributed by atoms with Crippen LogP contribution >= 0.6 is 0 Å². The maximum Gasteiger partial charge on any atom is 0.343 e. The number of methoxy groups -OCH3 is 1. The number of phenols is 2. The van der Waals surface area contributed by atoms with E-state index in [-0.39, 0.29) is 23.7 Å². The van der Waals surface area contributed by atoms with Crippen molar-refractivity contribution in [1.82, 2.24) is 0 Å². The Morgan fingerprint density at radius 2 is 1.90 bits per heavy atom. The van der Waals surface area contributed by atoms with Crippen LogP contribution in [-0.4, -0.2) is 40.5 Å². The highest BCUT2D eigenvalue weighted by molar-refractivity contribution is 6.04. The number of benzene rings is 1. The number of carboxylic acid groups (broad SMARTS) is 1. The number of ether oxygens (including phenoxy) is 2. The first-order chi connectivity index (χ1) is 9.81. The van der Waals surface area contributed by atoms with Gasteiger partial charge >= 0.3 is 11.9 Å². The monoisotopic (exact) mass is 296 g/mol. The Morgan fingerprint density at radius 3 is 2.43 bits per heavy atom. The van der Waals surface area contributed by atoms with Crippen LogP contribution in [0.2, 0.25) is 0 Å². The van der Waals surface area contributed by atoms with Crippen LogP contribution in [0.4, 0.5) is 0 Å². The van der Waals surface area contributed by atoms with E-state index in [2.05, 4.69) is 0 Å². The van der Waals surface area contributed by atoms with Crippen LogP contribution < -0.4 is 0 Å². The van der Waals surface area contributed by atoms with Crippen molar-refractivity contribution in [3.8, 4) is 11.5 Å². The molecule has 7 heteroatoms. The number of cyclic esters (lactones) is 1. The Hall–Kier alpha value is -2.28. The minimum Gasteiger partial charge on any atom is -0.507 e. The molecule has 2 atom stereocenters. The number of hydrogen-bond acceptors (Lipinski definition) is 6. The number of fused-ring (bicyclic) bond motifs is 1. The second-order valence-electron chi connectivity index (χ2n) is 4.98. The van der Waals surface area contributed by atoms with E-state index in [0.717, 1.165) is 0 Å². The van der Waals surface area contributed by atoms with Gasteiger partial charge in [-0.25, -0.2) is 9.59 Å². The molecule has 0 amide bonds. The molecular formula is C14H16O7. The van der Waals surface area contributed by atoms with Gasteiger partial charge in [0.2, 0.25) is 0 Å². The number of hydrogen-bond donors (Lipinski definition) is 3. The van der Waals surface area contributed by atoms with Gasteiger partial charge < -0.3 is 24.8 Å². The Bertz CT molecular complexity index is 620. The predicted octanol–water partition coefficient (Wildman–Crippen LogP) is 1.60. The topological polar surface area (TPSA) is 113 Å². The summed E-state index contributed by atoms with van der Waals surface area (Å²) in [4.78, 5) is 23.2. The minimum atomic E-state index is -1.54. The van der Waals surface area contributed by atoms with E-state index in [9.17, 15) is 19.8 Å². The summed E-state index contributed by atoms with van der Waals surface area (Å²) in [7, 11) is 1.38. The van der Waals surface area contributed by atoms with Gasteiger partial charge in [0.25, 0.3) is 0 Å². The number of aromatic hydroxyl groups is 2. The summed E-state index contributed by atoms with van der Waals surface area (Å²) in [6.07, 6.45) is -0.463. The molecule has 1 aliphatic rings. The van der Waals surface area contributed by atoms with Crippen molar-refractivity contribution in [3.05, 3.63) is 22.3 Å². The molecule has 3 N–H and O–H groups in total. The minimum absolute atomic E-state index is 0.0843. The highest BCUT2D eigenvalue weighted by Gasteiger charge is 2.39. The number of carboxylic acids is 1. The van der Waals surface area contributed by atoms with Gasteiger partial charge in [0.05, 0.1) is 6.61 Å². The van der Waals surface area contributed by atoms with Gasteiger partial charge in [0, 0.05) is 18.6 Å². The van der Waals surface area contributed by atoms with Crippen molar-refractivity contribution < 1.29 is 34.4 Å². The van der Waals surface area contributed by atoms with E-state index in [1.807, 2.05) is 0 Å². The predicted molar refractivity (Wildman–Crippen MR) is 70.7 cm³/mol. The SMILES string of the molecule is COCc1c(O)c(C(=O)O)c(O)c2c1[C@@H](C)[C@H](C)OC2=O. The molecule has 0 spiro atoms. The van der Waals surface area contributed by atoms with E-state index in [0.29, 0.717) is 5.56 Å². The highest BCUT2D eigenvalue weighted by atomic mass is 16.5. The van der Waals surface area contributed by atoms with Crippen LogP contribution in [0.25, 0.3) is 0 Å². The third-order valence-corrected chi connectivity index (χ3v) is 3.75. The van der Waals surface area contributed by atoms with Gasteiger partial charge in [-0.2, -0.15) is 0 Å². The first-order valence-electron chi connectivity index (χ1n) is 6.35. The maximum atomic E-state index is 12.0. The summed E-state index contributed by atoms with van der Waals surface area (Å²) in [6.45, 7) is 3.36. The Morgan fingerprint density at radius 1 is 1.29 bits per heavy atom. The van der Waals surface area contributed by atoms with E-state index in [1.54, 1.807) is 13.8 Å². The van der Waals surface area contributed by atoms with Crippen molar-refractivity contribution in [2.75, 3.05) is 7.11 Å². The van der Waals surface area contributed by atoms with E-state index in [1.165, 1.54) is 7.11 Å². The van der Waals surface area contributed by atoms with Crippen LogP contribution in [0, 0.1) is 0 Å². The Kier molecular flexibility index (Phi) is 3.78. The average molecular weight is 296 g/mol. The lowest BCUT2D eigenvalue weighted by molar-refractivity contribution is 0.0232. The Labute approximate surface area is 120 Å². The van der Waals surface area contributed by atoms with Gasteiger partial charge in [0.1, 0.15) is 28.7 Å². The molecule has 0 unspecified atom stereocenters. The van der Waals surface area contributed by atoms with Crippen LogP contribution in [0.15, 0.2) is 0 Å². The number of carbonyl (C=O) groups is 2. The van der Waals surface area contributed by atoms with Gasteiger partial charge in [-0.05, 0) is 12.5 Å². The average Bonchev–Trinajstić information content (AvgIpc) is 2.38. The van der Waals surface area contributed by atoms with Crippen LogP contribution in [-0.2, 0) is 16.1 Å².